The molecule has 6 heteroatoms. The summed E-state index contributed by atoms with van der Waals surface area (Å²) in [5.41, 5.74) is 0. The van der Waals surface area contributed by atoms with E-state index in [2.05, 4.69) is 23.8 Å². The van der Waals surface area contributed by atoms with Gasteiger partial charge in [-0.15, -0.1) is 0 Å². The Bertz CT molecular complexity index is 480. The van der Waals surface area contributed by atoms with Crippen LogP contribution in [-0.4, -0.2) is 69.9 Å². The van der Waals surface area contributed by atoms with E-state index in [1.807, 2.05) is 17.2 Å². The number of morpholine rings is 1. The molecule has 6 nitrogen and oxygen atoms in total. The number of nitrogens with zero attached hydrogens (tertiary/aromatic N) is 4. The molecule has 0 bridgehead atoms. The van der Waals surface area contributed by atoms with Crippen LogP contribution in [0.1, 0.15) is 26.7 Å². The molecule has 0 spiro atoms. The van der Waals surface area contributed by atoms with Crippen LogP contribution in [0.15, 0.2) is 18.5 Å². The van der Waals surface area contributed by atoms with Gasteiger partial charge < -0.3 is 9.64 Å². The number of amides is 1. The highest BCUT2D eigenvalue weighted by Gasteiger charge is 2.32. The van der Waals surface area contributed by atoms with Gasteiger partial charge in [-0.1, -0.05) is 0 Å². The Hall–Kier alpha value is -1.40. The van der Waals surface area contributed by atoms with E-state index in [0.717, 1.165) is 39.0 Å². The fraction of sp³-hybridized carbons (Fsp3) is 0.750. The molecule has 0 radical (unpaired) electrons. The molecule has 122 valence electrons. The molecule has 3 rings (SSSR count). The van der Waals surface area contributed by atoms with Crippen LogP contribution < -0.4 is 0 Å². The normalized spacial score (nSPS) is 29.9. The predicted octanol–water partition coefficient (Wildman–Crippen LogP) is 0.983. The number of carbonyl (C=O) groups is 1. The average Bonchev–Trinajstić information content (AvgIpc) is 3.08. The van der Waals surface area contributed by atoms with E-state index in [0.29, 0.717) is 12.6 Å². The zero-order chi connectivity index (χ0) is 15.5. The first-order valence-corrected chi connectivity index (χ1v) is 8.26. The second kappa shape index (κ2) is 6.79. The van der Waals surface area contributed by atoms with Crippen LogP contribution in [0.3, 0.4) is 0 Å². The van der Waals surface area contributed by atoms with Gasteiger partial charge in [0.15, 0.2) is 0 Å². The van der Waals surface area contributed by atoms with Gasteiger partial charge in [0.25, 0.3) is 0 Å². The van der Waals surface area contributed by atoms with E-state index >= 15 is 0 Å². The van der Waals surface area contributed by atoms with Gasteiger partial charge in [0.05, 0.1) is 12.2 Å². The third-order valence-corrected chi connectivity index (χ3v) is 4.52. The van der Waals surface area contributed by atoms with Crippen molar-refractivity contribution in [3.63, 3.8) is 0 Å². The minimum Gasteiger partial charge on any atom is -0.373 e. The monoisotopic (exact) mass is 306 g/mol. The smallest absolute Gasteiger partial charge is 0.244 e. The highest BCUT2D eigenvalue weighted by molar-refractivity contribution is 5.76. The van der Waals surface area contributed by atoms with Crippen molar-refractivity contribution in [2.75, 3.05) is 26.2 Å². The minimum atomic E-state index is 0.181. The van der Waals surface area contributed by atoms with Gasteiger partial charge in [-0.2, -0.15) is 5.10 Å². The number of aromatic nitrogens is 2. The third kappa shape index (κ3) is 3.67. The number of carbonyl (C=O) groups excluding carboxylic acids is 1. The summed E-state index contributed by atoms with van der Waals surface area (Å²) in [5, 5.41) is 4.13. The lowest BCUT2D eigenvalue weighted by Crippen LogP contribution is -2.51. The molecule has 3 heterocycles. The van der Waals surface area contributed by atoms with Crippen LogP contribution in [-0.2, 0) is 16.1 Å². The van der Waals surface area contributed by atoms with Crippen LogP contribution in [0.4, 0.5) is 0 Å². The number of ether oxygens (including phenoxy) is 1. The molecule has 3 unspecified atom stereocenters. The summed E-state index contributed by atoms with van der Waals surface area (Å²) in [5.74, 6) is 0.181. The van der Waals surface area contributed by atoms with Gasteiger partial charge in [0, 0.05) is 44.6 Å². The number of likely N-dealkylation sites (tertiary alicyclic amines) is 1. The third-order valence-electron chi connectivity index (χ3n) is 4.52. The number of hydrogen-bond acceptors (Lipinski definition) is 4. The second-order valence-electron chi connectivity index (χ2n) is 6.56. The van der Waals surface area contributed by atoms with Gasteiger partial charge in [-0.3, -0.25) is 14.4 Å². The first kappa shape index (κ1) is 15.5. The fourth-order valence-corrected chi connectivity index (χ4v) is 3.71. The van der Waals surface area contributed by atoms with E-state index < -0.39 is 0 Å². The van der Waals surface area contributed by atoms with E-state index in [9.17, 15) is 4.79 Å². The van der Waals surface area contributed by atoms with Crippen molar-refractivity contribution in [2.24, 2.45) is 0 Å². The lowest BCUT2D eigenvalue weighted by Gasteiger charge is -2.38. The molecule has 0 aliphatic carbocycles. The Morgan fingerprint density at radius 1 is 1.32 bits per heavy atom. The molecule has 1 aromatic heterocycles. The molecule has 1 aromatic rings. The van der Waals surface area contributed by atoms with Crippen LogP contribution in [0, 0.1) is 0 Å². The molecule has 0 aromatic carbocycles. The average molecular weight is 306 g/mol. The first-order chi connectivity index (χ1) is 10.6. The summed E-state index contributed by atoms with van der Waals surface area (Å²) in [7, 11) is 0. The molecule has 3 atom stereocenters. The maximum absolute atomic E-state index is 12.5. The van der Waals surface area contributed by atoms with Crippen molar-refractivity contribution in [3.8, 4) is 0 Å². The van der Waals surface area contributed by atoms with Crippen molar-refractivity contribution < 1.29 is 9.53 Å². The summed E-state index contributed by atoms with van der Waals surface area (Å²) in [4.78, 5) is 17.0. The lowest BCUT2D eigenvalue weighted by atomic mass is 10.1. The molecule has 1 amide bonds. The molecule has 2 aliphatic rings. The Balaban J connectivity index is 1.57. The maximum atomic E-state index is 12.5. The summed E-state index contributed by atoms with van der Waals surface area (Å²) in [6.45, 7) is 8.35. The molecule has 0 saturated carbocycles. The van der Waals surface area contributed by atoms with Gasteiger partial charge in [-0.25, -0.2) is 0 Å². The second-order valence-corrected chi connectivity index (χ2v) is 6.56. The van der Waals surface area contributed by atoms with Crippen LogP contribution in [0.5, 0.6) is 0 Å². The van der Waals surface area contributed by atoms with Crippen LogP contribution in [0.25, 0.3) is 0 Å². The topological polar surface area (TPSA) is 50.6 Å². The summed E-state index contributed by atoms with van der Waals surface area (Å²) < 4.78 is 7.50. The van der Waals surface area contributed by atoms with E-state index in [4.69, 9.17) is 4.74 Å². The standard InChI is InChI=1S/C16H26N4O2/c1-13-9-18(10-14(2)22-13)11-15-5-3-8-20(15)16(21)12-19-7-4-6-17-19/h4,6-7,13-15H,3,5,8-12H2,1-2H3. The zero-order valence-corrected chi connectivity index (χ0v) is 13.5. The number of hydrogen-bond donors (Lipinski definition) is 0. The summed E-state index contributed by atoms with van der Waals surface area (Å²) in [6.07, 6.45) is 6.31. The lowest BCUT2D eigenvalue weighted by molar-refractivity contribution is -0.133. The van der Waals surface area contributed by atoms with Gasteiger partial charge in [-0.05, 0) is 32.8 Å². The van der Waals surface area contributed by atoms with E-state index in [1.165, 1.54) is 0 Å². The highest BCUT2D eigenvalue weighted by Crippen LogP contribution is 2.21. The van der Waals surface area contributed by atoms with Gasteiger partial charge in [0.1, 0.15) is 6.54 Å². The van der Waals surface area contributed by atoms with Crippen molar-refractivity contribution >= 4 is 5.91 Å². The molecule has 2 aliphatic heterocycles. The van der Waals surface area contributed by atoms with Crippen molar-refractivity contribution in [1.82, 2.24) is 19.6 Å². The first-order valence-electron chi connectivity index (χ1n) is 8.26. The Kier molecular flexibility index (Phi) is 4.78. The molecular formula is C16H26N4O2. The maximum Gasteiger partial charge on any atom is 0.244 e. The minimum absolute atomic E-state index is 0.181. The summed E-state index contributed by atoms with van der Waals surface area (Å²) >= 11 is 0. The zero-order valence-electron chi connectivity index (χ0n) is 13.5. The molecule has 0 N–H and O–H groups in total. The van der Waals surface area contributed by atoms with Crippen molar-refractivity contribution in [1.29, 1.82) is 0 Å². The molecule has 2 fully saturated rings. The predicted molar refractivity (Wildman–Crippen MR) is 83.4 cm³/mol. The van der Waals surface area contributed by atoms with E-state index in [-0.39, 0.29) is 18.1 Å². The molecule has 2 saturated heterocycles. The fourth-order valence-electron chi connectivity index (χ4n) is 3.71. The van der Waals surface area contributed by atoms with Gasteiger partial charge in [0.2, 0.25) is 5.91 Å². The number of rotatable bonds is 4. The largest absolute Gasteiger partial charge is 0.373 e. The van der Waals surface area contributed by atoms with Crippen LogP contribution in [0.2, 0.25) is 0 Å². The quantitative estimate of drug-likeness (QED) is 0.832. The van der Waals surface area contributed by atoms with E-state index in [1.54, 1.807) is 10.9 Å². The summed E-state index contributed by atoms with van der Waals surface area (Å²) in [6, 6.07) is 2.19. The SMILES string of the molecule is CC1CN(CC2CCCN2C(=O)Cn2cccn2)CC(C)O1. The van der Waals surface area contributed by atoms with Crippen LogP contribution >= 0.6 is 0 Å². The highest BCUT2D eigenvalue weighted by atomic mass is 16.5. The van der Waals surface area contributed by atoms with Crippen molar-refractivity contribution in [2.45, 2.75) is 51.5 Å². The molecular weight excluding hydrogens is 280 g/mol. The van der Waals surface area contributed by atoms with Crippen molar-refractivity contribution in [3.05, 3.63) is 18.5 Å². The molecule has 22 heavy (non-hydrogen) atoms. The Morgan fingerprint density at radius 3 is 2.77 bits per heavy atom. The Labute approximate surface area is 132 Å². The van der Waals surface area contributed by atoms with Gasteiger partial charge >= 0.3 is 0 Å². The Morgan fingerprint density at radius 2 is 2.09 bits per heavy atom.